The van der Waals surface area contributed by atoms with E-state index in [1.165, 1.54) is 23.5 Å². The first kappa shape index (κ1) is 17.2. The van der Waals surface area contributed by atoms with Crippen LogP contribution in [0.5, 0.6) is 0 Å². The van der Waals surface area contributed by atoms with Gasteiger partial charge < -0.3 is 15.0 Å². The van der Waals surface area contributed by atoms with Crippen molar-refractivity contribution in [1.82, 2.24) is 4.98 Å². The van der Waals surface area contributed by atoms with Crippen molar-refractivity contribution in [2.45, 2.75) is 20.3 Å². The van der Waals surface area contributed by atoms with Gasteiger partial charge >= 0.3 is 5.97 Å². The Hall–Kier alpha value is -2.67. The number of thiophene rings is 1. The average molecular weight is 360 g/mol. The maximum atomic E-state index is 13.2. The molecule has 1 amide bonds. The second kappa shape index (κ2) is 7.06. The summed E-state index contributed by atoms with van der Waals surface area (Å²) < 4.78 is 18.2. The molecule has 2 heterocycles. The Morgan fingerprint density at radius 3 is 2.88 bits per heavy atom. The number of hydrogen-bond acceptors (Lipinski definition) is 4. The van der Waals surface area contributed by atoms with Crippen molar-refractivity contribution in [3.63, 3.8) is 0 Å². The van der Waals surface area contributed by atoms with Crippen LogP contribution >= 0.6 is 11.3 Å². The molecule has 3 aromatic rings. The largest absolute Gasteiger partial charge is 0.462 e. The van der Waals surface area contributed by atoms with Crippen molar-refractivity contribution in [2.24, 2.45) is 0 Å². The van der Waals surface area contributed by atoms with Gasteiger partial charge in [-0.3, -0.25) is 4.79 Å². The maximum absolute atomic E-state index is 13.2. The molecule has 25 heavy (non-hydrogen) atoms. The number of amides is 1. The van der Waals surface area contributed by atoms with Crippen LogP contribution in [-0.2, 0) is 16.0 Å². The number of fused-ring (bicyclic) bond motifs is 1. The average Bonchev–Trinajstić information content (AvgIpc) is 3.11. The van der Waals surface area contributed by atoms with Gasteiger partial charge in [0.25, 0.3) is 0 Å². The third-order valence-corrected chi connectivity index (χ3v) is 4.85. The van der Waals surface area contributed by atoms with E-state index < -0.39 is 0 Å². The number of aromatic nitrogens is 1. The van der Waals surface area contributed by atoms with Crippen LogP contribution < -0.4 is 5.32 Å². The van der Waals surface area contributed by atoms with Crippen molar-refractivity contribution >= 4 is 39.1 Å². The Morgan fingerprint density at radius 1 is 1.32 bits per heavy atom. The molecule has 5 nitrogen and oxygen atoms in total. The van der Waals surface area contributed by atoms with E-state index in [9.17, 15) is 14.0 Å². The van der Waals surface area contributed by atoms with E-state index in [-0.39, 0.29) is 24.1 Å². The summed E-state index contributed by atoms with van der Waals surface area (Å²) in [6.07, 6.45) is 1.85. The number of anilines is 1. The smallest absolute Gasteiger partial charge is 0.348 e. The molecule has 0 radical (unpaired) electrons. The van der Waals surface area contributed by atoms with Gasteiger partial charge in [0.1, 0.15) is 10.7 Å². The molecule has 130 valence electrons. The number of carbonyl (C=O) groups is 2. The van der Waals surface area contributed by atoms with Crippen molar-refractivity contribution in [3.05, 3.63) is 52.3 Å². The quantitative estimate of drug-likeness (QED) is 0.675. The minimum Gasteiger partial charge on any atom is -0.462 e. The van der Waals surface area contributed by atoms with Crippen LogP contribution in [0.4, 0.5) is 9.39 Å². The molecule has 2 N–H and O–H groups in total. The lowest BCUT2D eigenvalue weighted by molar-refractivity contribution is -0.115. The fourth-order valence-corrected chi connectivity index (χ4v) is 3.59. The Bertz CT molecular complexity index is 945. The lowest BCUT2D eigenvalue weighted by Gasteiger charge is -2.02. The van der Waals surface area contributed by atoms with E-state index in [0.717, 1.165) is 16.5 Å². The number of aryl methyl sites for hydroxylation is 1. The standard InChI is InChI=1S/C18H17FN2O3S/c1-3-24-18(23)17-10(2)6-16(25-17)21-15(22)7-11-9-20-14-8-12(19)4-5-13(11)14/h4-6,8-9,20H,3,7H2,1-2H3,(H,21,22). The second-order valence-corrected chi connectivity index (χ2v) is 6.62. The van der Waals surface area contributed by atoms with Crippen LogP contribution in [0.2, 0.25) is 0 Å². The fraction of sp³-hybridized carbons (Fsp3) is 0.222. The number of rotatable bonds is 5. The van der Waals surface area contributed by atoms with Gasteiger partial charge in [-0.2, -0.15) is 0 Å². The summed E-state index contributed by atoms with van der Waals surface area (Å²) in [4.78, 5) is 27.6. The topological polar surface area (TPSA) is 71.2 Å². The summed E-state index contributed by atoms with van der Waals surface area (Å²) in [5.41, 5.74) is 2.20. The van der Waals surface area contributed by atoms with Crippen LogP contribution in [0.1, 0.15) is 27.7 Å². The number of benzene rings is 1. The van der Waals surface area contributed by atoms with Gasteiger partial charge in [0, 0.05) is 17.1 Å². The predicted octanol–water partition coefficient (Wildman–Crippen LogP) is 4.03. The zero-order chi connectivity index (χ0) is 18.0. The summed E-state index contributed by atoms with van der Waals surface area (Å²) in [6.45, 7) is 3.85. The van der Waals surface area contributed by atoms with Gasteiger partial charge in [-0.25, -0.2) is 9.18 Å². The number of aromatic amines is 1. The van der Waals surface area contributed by atoms with Crippen LogP contribution in [0, 0.1) is 12.7 Å². The van der Waals surface area contributed by atoms with E-state index in [0.29, 0.717) is 22.0 Å². The highest BCUT2D eigenvalue weighted by Crippen LogP contribution is 2.28. The lowest BCUT2D eigenvalue weighted by atomic mass is 10.1. The number of nitrogens with one attached hydrogen (secondary N) is 2. The van der Waals surface area contributed by atoms with Crippen molar-refractivity contribution in [2.75, 3.05) is 11.9 Å². The van der Waals surface area contributed by atoms with E-state index in [1.54, 1.807) is 32.2 Å². The molecule has 2 aromatic heterocycles. The number of esters is 1. The Morgan fingerprint density at radius 2 is 2.12 bits per heavy atom. The number of hydrogen-bond donors (Lipinski definition) is 2. The first-order valence-corrected chi connectivity index (χ1v) is 8.62. The molecule has 0 spiro atoms. The minimum absolute atomic E-state index is 0.150. The second-order valence-electron chi connectivity index (χ2n) is 5.57. The molecular weight excluding hydrogens is 343 g/mol. The predicted molar refractivity (Wildman–Crippen MR) is 95.6 cm³/mol. The Kier molecular flexibility index (Phi) is 4.85. The lowest BCUT2D eigenvalue weighted by Crippen LogP contribution is -2.13. The molecule has 0 aliphatic carbocycles. The SMILES string of the molecule is CCOC(=O)c1sc(NC(=O)Cc2c[nH]c3cc(F)ccc23)cc1C. The number of halogens is 1. The zero-order valence-corrected chi connectivity index (χ0v) is 14.6. The third kappa shape index (κ3) is 3.71. The first-order valence-electron chi connectivity index (χ1n) is 7.81. The monoisotopic (exact) mass is 360 g/mol. The molecule has 0 atom stereocenters. The molecule has 3 rings (SSSR count). The molecule has 0 fully saturated rings. The molecule has 0 unspecified atom stereocenters. The molecule has 0 saturated heterocycles. The van der Waals surface area contributed by atoms with Crippen LogP contribution in [0.25, 0.3) is 10.9 Å². The molecule has 1 aromatic carbocycles. The van der Waals surface area contributed by atoms with Gasteiger partial charge in [-0.05, 0) is 49.2 Å². The molecule has 0 saturated carbocycles. The first-order chi connectivity index (χ1) is 12.0. The summed E-state index contributed by atoms with van der Waals surface area (Å²) in [6, 6.07) is 6.16. The number of ether oxygens (including phenoxy) is 1. The highest BCUT2D eigenvalue weighted by Gasteiger charge is 2.16. The summed E-state index contributed by atoms with van der Waals surface area (Å²) in [7, 11) is 0. The van der Waals surface area contributed by atoms with Crippen LogP contribution in [-0.4, -0.2) is 23.5 Å². The highest BCUT2D eigenvalue weighted by molar-refractivity contribution is 7.18. The summed E-state index contributed by atoms with van der Waals surface area (Å²) >= 11 is 1.19. The molecule has 0 bridgehead atoms. The van der Waals surface area contributed by atoms with Crippen molar-refractivity contribution in [3.8, 4) is 0 Å². The van der Waals surface area contributed by atoms with Crippen molar-refractivity contribution < 1.29 is 18.7 Å². The van der Waals surface area contributed by atoms with Gasteiger partial charge in [-0.15, -0.1) is 11.3 Å². The van der Waals surface area contributed by atoms with Crippen molar-refractivity contribution in [1.29, 1.82) is 0 Å². The number of H-pyrrole nitrogens is 1. The minimum atomic E-state index is -0.385. The third-order valence-electron chi connectivity index (χ3n) is 3.72. The Labute approximate surface area is 147 Å². The molecule has 0 aliphatic rings. The normalized spacial score (nSPS) is 10.8. The highest BCUT2D eigenvalue weighted by atomic mass is 32.1. The van der Waals surface area contributed by atoms with Crippen LogP contribution in [0.3, 0.4) is 0 Å². The molecule has 0 aliphatic heterocycles. The van der Waals surface area contributed by atoms with E-state index in [1.807, 2.05) is 0 Å². The van der Waals surface area contributed by atoms with E-state index in [2.05, 4.69) is 10.3 Å². The number of carbonyl (C=O) groups excluding carboxylic acids is 2. The summed E-state index contributed by atoms with van der Waals surface area (Å²) in [5, 5.41) is 4.20. The zero-order valence-electron chi connectivity index (χ0n) is 13.8. The molecular formula is C18H17FN2O3S. The van der Waals surface area contributed by atoms with E-state index >= 15 is 0 Å². The van der Waals surface area contributed by atoms with Crippen LogP contribution in [0.15, 0.2) is 30.5 Å². The van der Waals surface area contributed by atoms with Gasteiger partial charge in [0.15, 0.2) is 0 Å². The molecule has 7 heteroatoms. The van der Waals surface area contributed by atoms with E-state index in [4.69, 9.17) is 4.74 Å². The Balaban J connectivity index is 1.72. The van der Waals surface area contributed by atoms with Gasteiger partial charge in [0.2, 0.25) is 5.91 Å². The van der Waals surface area contributed by atoms with Gasteiger partial charge in [0.05, 0.1) is 18.0 Å². The maximum Gasteiger partial charge on any atom is 0.348 e. The fourth-order valence-electron chi connectivity index (χ4n) is 2.60. The van der Waals surface area contributed by atoms with Gasteiger partial charge in [-0.1, -0.05) is 0 Å². The summed E-state index contributed by atoms with van der Waals surface area (Å²) in [5.74, 6) is -0.919.